The molecule has 1 amide bonds. The van der Waals surface area contributed by atoms with E-state index in [1.165, 1.54) is 12.4 Å². The summed E-state index contributed by atoms with van der Waals surface area (Å²) >= 11 is 0. The largest absolute Gasteiger partial charge is 0.496 e. The smallest absolute Gasteiger partial charge is 0.271 e. The number of carbonyl (C=O) groups excluding carboxylic acids is 1. The highest BCUT2D eigenvalue weighted by atomic mass is 19.1. The van der Waals surface area contributed by atoms with Crippen LogP contribution in [0.4, 0.5) is 10.2 Å². The van der Waals surface area contributed by atoms with Gasteiger partial charge in [-0.1, -0.05) is 36.4 Å². The molecule has 0 unspecified atom stereocenters. The Hall–Kier alpha value is -4.73. The summed E-state index contributed by atoms with van der Waals surface area (Å²) < 4.78 is 22.5. The second kappa shape index (κ2) is 10.2. The molecule has 1 aliphatic carbocycles. The summed E-state index contributed by atoms with van der Waals surface area (Å²) in [5, 5.41) is 8.64. The molecule has 0 spiro atoms. The Morgan fingerprint density at radius 2 is 1.85 bits per heavy atom. The predicted molar refractivity (Wildman–Crippen MR) is 145 cm³/mol. The number of nitrogen functional groups attached to an aromatic ring is 1. The van der Waals surface area contributed by atoms with Gasteiger partial charge >= 0.3 is 0 Å². The van der Waals surface area contributed by atoms with Crippen molar-refractivity contribution in [1.82, 2.24) is 29.6 Å². The van der Waals surface area contributed by atoms with Gasteiger partial charge in [0, 0.05) is 47.7 Å². The first kappa shape index (κ1) is 24.6. The van der Waals surface area contributed by atoms with E-state index in [1.807, 2.05) is 48.7 Å². The van der Waals surface area contributed by atoms with Gasteiger partial charge in [-0.3, -0.25) is 9.48 Å². The van der Waals surface area contributed by atoms with Gasteiger partial charge in [-0.05, 0) is 30.0 Å². The highest BCUT2D eigenvalue weighted by Crippen LogP contribution is 2.39. The number of benzene rings is 2. The Balaban J connectivity index is 1.16. The van der Waals surface area contributed by atoms with Crippen LogP contribution in [-0.4, -0.2) is 37.3 Å². The number of nitrogens with two attached hydrogens (primary N) is 1. The van der Waals surface area contributed by atoms with Crippen LogP contribution < -0.4 is 15.8 Å². The zero-order chi connectivity index (χ0) is 26.9. The van der Waals surface area contributed by atoms with Gasteiger partial charge in [0.1, 0.15) is 23.1 Å². The first-order valence-electron chi connectivity index (χ1n) is 12.8. The van der Waals surface area contributed by atoms with E-state index < -0.39 is 0 Å². The minimum atomic E-state index is -0.349. The SMILES string of the molecule is COc1c(CNC(=O)c2cn(Cc3ccc(Cn4cc(F)cn4)cc3)c(C3CC3)n2)ccc2c(N)nccc12. The second-order valence-corrected chi connectivity index (χ2v) is 9.79. The summed E-state index contributed by atoms with van der Waals surface area (Å²) in [6.07, 6.45) is 8.19. The van der Waals surface area contributed by atoms with Gasteiger partial charge in [-0.15, -0.1) is 0 Å². The van der Waals surface area contributed by atoms with E-state index in [2.05, 4.69) is 20.0 Å². The molecule has 3 aromatic heterocycles. The molecule has 0 bridgehead atoms. The lowest BCUT2D eigenvalue weighted by Crippen LogP contribution is -2.23. The van der Waals surface area contributed by atoms with Crippen molar-refractivity contribution in [2.75, 3.05) is 12.8 Å². The van der Waals surface area contributed by atoms with Crippen molar-refractivity contribution in [2.45, 2.75) is 38.4 Å². The molecule has 0 aliphatic heterocycles. The Labute approximate surface area is 224 Å². The van der Waals surface area contributed by atoms with Crippen LogP contribution in [0.1, 0.15) is 51.8 Å². The third kappa shape index (κ3) is 5.18. The zero-order valence-corrected chi connectivity index (χ0v) is 21.5. The van der Waals surface area contributed by atoms with E-state index in [9.17, 15) is 9.18 Å². The number of hydrogen-bond donors (Lipinski definition) is 2. The minimum absolute atomic E-state index is 0.242. The topological polar surface area (TPSA) is 113 Å². The number of pyridine rings is 1. The number of fused-ring (bicyclic) bond motifs is 1. The normalized spacial score (nSPS) is 13.1. The molecule has 1 fully saturated rings. The first-order valence-corrected chi connectivity index (χ1v) is 12.8. The maximum Gasteiger partial charge on any atom is 0.271 e. The average molecular weight is 526 g/mol. The van der Waals surface area contributed by atoms with Crippen LogP contribution in [0.2, 0.25) is 0 Å². The van der Waals surface area contributed by atoms with Crippen LogP contribution in [0.5, 0.6) is 5.75 Å². The van der Waals surface area contributed by atoms with Crippen molar-refractivity contribution in [3.63, 3.8) is 0 Å². The monoisotopic (exact) mass is 525 g/mol. The standard InChI is InChI=1S/C29H28FN7O2/c1-39-26-21(8-9-24-23(26)10-11-32-27(24)31)12-33-29(38)25-17-36(28(35-25)20-6-7-20)14-18-2-4-19(5-3-18)15-37-16-22(30)13-34-37/h2-5,8-11,13,16-17,20H,6-7,12,14-15H2,1H3,(H2,31,32)(H,33,38). The van der Waals surface area contributed by atoms with E-state index in [4.69, 9.17) is 15.5 Å². The fraction of sp³-hybridized carbons (Fsp3) is 0.241. The molecule has 10 heteroatoms. The molecule has 5 aromatic rings. The maximum absolute atomic E-state index is 13.2. The van der Waals surface area contributed by atoms with Gasteiger partial charge in [0.15, 0.2) is 5.82 Å². The number of halogens is 1. The minimum Gasteiger partial charge on any atom is -0.496 e. The molecule has 3 N–H and O–H groups in total. The number of aromatic nitrogens is 5. The molecule has 2 aromatic carbocycles. The molecule has 0 saturated heterocycles. The Bertz CT molecular complexity index is 1650. The average Bonchev–Trinajstić information content (AvgIpc) is 3.57. The molecule has 198 valence electrons. The Morgan fingerprint density at radius 1 is 1.08 bits per heavy atom. The van der Waals surface area contributed by atoms with Gasteiger partial charge in [0.25, 0.3) is 5.91 Å². The fourth-order valence-corrected chi connectivity index (χ4v) is 4.83. The number of carbonyl (C=O) groups is 1. The van der Waals surface area contributed by atoms with E-state index >= 15 is 0 Å². The van der Waals surface area contributed by atoms with Gasteiger partial charge in [-0.25, -0.2) is 14.4 Å². The molecule has 3 heterocycles. The molecule has 0 atom stereocenters. The first-order chi connectivity index (χ1) is 19.0. The number of nitrogens with zero attached hydrogens (tertiary/aromatic N) is 5. The number of ether oxygens (including phenoxy) is 1. The quantitative estimate of drug-likeness (QED) is 0.297. The lowest BCUT2D eigenvalue weighted by atomic mass is 10.1. The highest BCUT2D eigenvalue weighted by Gasteiger charge is 2.30. The van der Waals surface area contributed by atoms with Crippen molar-refractivity contribution >= 4 is 22.5 Å². The van der Waals surface area contributed by atoms with E-state index in [1.54, 1.807) is 18.0 Å². The molecule has 0 radical (unpaired) electrons. The van der Waals surface area contributed by atoms with Gasteiger partial charge in [-0.2, -0.15) is 5.10 Å². The zero-order valence-electron chi connectivity index (χ0n) is 21.5. The summed E-state index contributed by atoms with van der Waals surface area (Å²) in [7, 11) is 1.60. The summed E-state index contributed by atoms with van der Waals surface area (Å²) in [6.45, 7) is 1.39. The van der Waals surface area contributed by atoms with Crippen molar-refractivity contribution in [2.24, 2.45) is 0 Å². The molecule has 1 saturated carbocycles. The van der Waals surface area contributed by atoms with Crippen LogP contribution in [0, 0.1) is 5.82 Å². The fourth-order valence-electron chi connectivity index (χ4n) is 4.83. The third-order valence-corrected chi connectivity index (χ3v) is 6.96. The number of methoxy groups -OCH3 is 1. The predicted octanol–water partition coefficient (Wildman–Crippen LogP) is 4.26. The lowest BCUT2D eigenvalue weighted by Gasteiger charge is -2.13. The van der Waals surface area contributed by atoms with E-state index in [-0.39, 0.29) is 18.3 Å². The summed E-state index contributed by atoms with van der Waals surface area (Å²) in [5.41, 5.74) is 9.35. The molecule has 39 heavy (non-hydrogen) atoms. The highest BCUT2D eigenvalue weighted by molar-refractivity contribution is 5.96. The van der Waals surface area contributed by atoms with Crippen LogP contribution in [0.3, 0.4) is 0 Å². The van der Waals surface area contributed by atoms with E-state index in [0.717, 1.165) is 46.1 Å². The Morgan fingerprint density at radius 3 is 2.54 bits per heavy atom. The van der Waals surface area contributed by atoms with Crippen molar-refractivity contribution in [1.29, 1.82) is 0 Å². The maximum atomic E-state index is 13.2. The van der Waals surface area contributed by atoms with Crippen LogP contribution in [0.25, 0.3) is 10.8 Å². The number of anilines is 1. The molecular formula is C29H28FN7O2. The second-order valence-electron chi connectivity index (χ2n) is 9.79. The van der Waals surface area contributed by atoms with Crippen molar-refractivity contribution in [3.8, 4) is 5.75 Å². The van der Waals surface area contributed by atoms with E-state index in [0.29, 0.717) is 36.3 Å². The van der Waals surface area contributed by atoms with Crippen LogP contribution in [0.15, 0.2) is 67.3 Å². The molecule has 9 nitrogen and oxygen atoms in total. The van der Waals surface area contributed by atoms with Gasteiger partial charge in [0.2, 0.25) is 0 Å². The number of amides is 1. The van der Waals surface area contributed by atoms with Gasteiger partial charge < -0.3 is 20.4 Å². The molecular weight excluding hydrogens is 497 g/mol. The summed E-state index contributed by atoms with van der Waals surface area (Å²) in [5.74, 6) is 1.81. The Kier molecular flexibility index (Phi) is 6.44. The molecule has 6 rings (SSSR count). The van der Waals surface area contributed by atoms with Gasteiger partial charge in [0.05, 0.1) is 26.0 Å². The number of hydrogen-bond acceptors (Lipinski definition) is 6. The number of rotatable bonds is 9. The van der Waals surface area contributed by atoms with Crippen molar-refractivity contribution < 1.29 is 13.9 Å². The number of nitrogens with one attached hydrogen (secondary N) is 1. The summed E-state index contributed by atoms with van der Waals surface area (Å²) in [4.78, 5) is 22.0. The van der Waals surface area contributed by atoms with Crippen LogP contribution >= 0.6 is 0 Å². The summed E-state index contributed by atoms with van der Waals surface area (Å²) in [6, 6.07) is 13.7. The lowest BCUT2D eigenvalue weighted by molar-refractivity contribution is 0.0946. The molecule has 1 aliphatic rings. The van der Waals surface area contributed by atoms with Crippen molar-refractivity contribution in [3.05, 3.63) is 101 Å². The number of imidazole rings is 1. The third-order valence-electron chi connectivity index (χ3n) is 6.96. The van der Waals surface area contributed by atoms with Crippen LogP contribution in [-0.2, 0) is 19.6 Å².